The minimum Gasteiger partial charge on any atom is -0.493 e. The highest BCUT2D eigenvalue weighted by atomic mass is 35.5. The van der Waals surface area contributed by atoms with E-state index < -0.39 is 6.04 Å². The highest BCUT2D eigenvalue weighted by Crippen LogP contribution is 2.19. The largest absolute Gasteiger partial charge is 0.493 e. The Morgan fingerprint density at radius 3 is 2.59 bits per heavy atom. The molecule has 0 saturated heterocycles. The number of hydrogen-bond acceptors (Lipinski definition) is 3. The quantitative estimate of drug-likeness (QED) is 0.801. The van der Waals surface area contributed by atoms with Gasteiger partial charge in [-0.15, -0.1) is 12.4 Å². The molecule has 22 heavy (non-hydrogen) atoms. The van der Waals surface area contributed by atoms with Crippen LogP contribution in [0.2, 0.25) is 5.02 Å². The maximum atomic E-state index is 12.1. The lowest BCUT2D eigenvalue weighted by Crippen LogP contribution is -2.49. The fourth-order valence-corrected chi connectivity index (χ4v) is 1.95. The van der Waals surface area contributed by atoms with Gasteiger partial charge in [0.05, 0.1) is 12.6 Å². The van der Waals surface area contributed by atoms with E-state index in [1.165, 1.54) is 0 Å². The van der Waals surface area contributed by atoms with Crippen LogP contribution >= 0.6 is 24.0 Å². The first-order valence-corrected chi connectivity index (χ1v) is 7.48. The Morgan fingerprint density at radius 1 is 1.41 bits per heavy atom. The van der Waals surface area contributed by atoms with Gasteiger partial charge in [0.15, 0.2) is 0 Å². The van der Waals surface area contributed by atoms with Gasteiger partial charge in [0.1, 0.15) is 5.75 Å². The summed E-state index contributed by atoms with van der Waals surface area (Å²) in [5.41, 5.74) is 5.74. The summed E-state index contributed by atoms with van der Waals surface area (Å²) in [6.07, 6.45) is 0.742. The number of carbonyl (C=O) groups excluding carboxylic acids is 1. The molecule has 0 aliphatic carbocycles. The van der Waals surface area contributed by atoms with Crippen LogP contribution in [0.3, 0.4) is 0 Å². The highest BCUT2D eigenvalue weighted by Gasteiger charge is 2.29. The topological polar surface area (TPSA) is 55.6 Å². The van der Waals surface area contributed by atoms with Gasteiger partial charge < -0.3 is 15.4 Å². The smallest absolute Gasteiger partial charge is 0.239 e. The molecule has 2 N–H and O–H groups in total. The molecule has 126 valence electrons. The Bertz CT molecular complexity index is 475. The van der Waals surface area contributed by atoms with Crippen molar-refractivity contribution in [1.29, 1.82) is 0 Å². The minimum atomic E-state index is -0.489. The molecule has 0 saturated carbocycles. The van der Waals surface area contributed by atoms with Gasteiger partial charge in [-0.3, -0.25) is 4.79 Å². The summed E-state index contributed by atoms with van der Waals surface area (Å²) >= 11 is 5.88. The van der Waals surface area contributed by atoms with Gasteiger partial charge in [-0.25, -0.2) is 0 Å². The van der Waals surface area contributed by atoms with Crippen molar-refractivity contribution in [2.24, 2.45) is 11.1 Å². The maximum Gasteiger partial charge on any atom is 0.239 e. The predicted octanol–water partition coefficient (Wildman–Crippen LogP) is 3.36. The van der Waals surface area contributed by atoms with Crippen LogP contribution < -0.4 is 10.5 Å². The standard InChI is InChI=1S/C16H25ClN2O2.ClH/c1-16(2,3)14(18)15(20)19(4)9-6-10-21-13-8-5-7-12(17)11-13;/h5,7-8,11,14H,6,9-10,18H2,1-4H3;1H/t14-;/m1./s1. The monoisotopic (exact) mass is 348 g/mol. The van der Waals surface area contributed by atoms with Crippen LogP contribution in [0, 0.1) is 5.41 Å². The Kier molecular flexibility index (Phi) is 8.83. The SMILES string of the molecule is CN(CCCOc1cccc(Cl)c1)C(=O)[C@@H](N)C(C)(C)C.Cl. The van der Waals surface area contributed by atoms with Crippen LogP contribution in [0.5, 0.6) is 5.75 Å². The average molecular weight is 349 g/mol. The molecule has 1 aromatic rings. The van der Waals surface area contributed by atoms with E-state index in [4.69, 9.17) is 22.1 Å². The lowest BCUT2D eigenvalue weighted by atomic mass is 9.86. The lowest BCUT2D eigenvalue weighted by molar-refractivity contribution is -0.133. The molecule has 1 rings (SSSR count). The molecule has 0 aliphatic heterocycles. The summed E-state index contributed by atoms with van der Waals surface area (Å²) in [6, 6.07) is 6.78. The zero-order chi connectivity index (χ0) is 16.0. The third-order valence-corrected chi connectivity index (χ3v) is 3.51. The van der Waals surface area contributed by atoms with E-state index in [0.29, 0.717) is 18.2 Å². The van der Waals surface area contributed by atoms with Gasteiger partial charge in [-0.2, -0.15) is 0 Å². The molecule has 0 aliphatic rings. The van der Waals surface area contributed by atoms with Crippen LogP contribution in [0.4, 0.5) is 0 Å². The van der Waals surface area contributed by atoms with Crippen LogP contribution in [0.1, 0.15) is 27.2 Å². The van der Waals surface area contributed by atoms with Crippen LogP contribution in [0.25, 0.3) is 0 Å². The normalized spacial score (nSPS) is 12.3. The number of carbonyl (C=O) groups is 1. The van der Waals surface area contributed by atoms with Gasteiger partial charge in [-0.1, -0.05) is 38.4 Å². The number of rotatable bonds is 6. The van der Waals surface area contributed by atoms with E-state index >= 15 is 0 Å². The number of ether oxygens (including phenoxy) is 1. The van der Waals surface area contributed by atoms with Gasteiger partial charge in [0, 0.05) is 18.6 Å². The molecule has 1 atom stereocenters. The first-order chi connectivity index (χ1) is 9.71. The van der Waals surface area contributed by atoms with Crippen molar-refractivity contribution in [2.75, 3.05) is 20.2 Å². The Hall–Kier alpha value is -0.970. The summed E-state index contributed by atoms with van der Waals surface area (Å²) in [7, 11) is 1.77. The van der Waals surface area contributed by atoms with E-state index in [0.717, 1.165) is 12.2 Å². The molecular formula is C16H26Cl2N2O2. The fraction of sp³-hybridized carbons (Fsp3) is 0.562. The van der Waals surface area contributed by atoms with Crippen LogP contribution in [-0.2, 0) is 4.79 Å². The molecular weight excluding hydrogens is 323 g/mol. The van der Waals surface area contributed by atoms with Crippen molar-refractivity contribution < 1.29 is 9.53 Å². The first kappa shape index (κ1) is 21.0. The van der Waals surface area contributed by atoms with Crippen molar-refractivity contribution in [3.63, 3.8) is 0 Å². The second kappa shape index (κ2) is 9.23. The summed E-state index contributed by atoms with van der Waals surface area (Å²) in [6.45, 7) is 7.04. The zero-order valence-electron chi connectivity index (χ0n) is 13.6. The van der Waals surface area contributed by atoms with E-state index in [1.807, 2.05) is 32.9 Å². The maximum absolute atomic E-state index is 12.1. The van der Waals surface area contributed by atoms with Gasteiger partial charge in [0.2, 0.25) is 5.91 Å². The van der Waals surface area contributed by atoms with Gasteiger partial charge >= 0.3 is 0 Å². The van der Waals surface area contributed by atoms with E-state index in [-0.39, 0.29) is 23.7 Å². The summed E-state index contributed by atoms with van der Waals surface area (Å²) in [5, 5.41) is 0.649. The highest BCUT2D eigenvalue weighted by molar-refractivity contribution is 6.30. The third-order valence-electron chi connectivity index (χ3n) is 3.28. The van der Waals surface area contributed by atoms with Crippen LogP contribution in [0.15, 0.2) is 24.3 Å². The van der Waals surface area contributed by atoms with Gasteiger partial charge in [-0.05, 0) is 30.0 Å². The second-order valence-electron chi connectivity index (χ2n) is 6.26. The summed E-state index contributed by atoms with van der Waals surface area (Å²) in [4.78, 5) is 13.8. The summed E-state index contributed by atoms with van der Waals surface area (Å²) in [5.74, 6) is 0.702. The molecule has 0 aromatic heterocycles. The Morgan fingerprint density at radius 2 is 2.05 bits per heavy atom. The minimum absolute atomic E-state index is 0. The zero-order valence-corrected chi connectivity index (χ0v) is 15.2. The number of likely N-dealkylation sites (N-methyl/N-ethyl adjacent to an activating group) is 1. The molecule has 0 spiro atoms. The molecule has 0 radical (unpaired) electrons. The van der Waals surface area contributed by atoms with E-state index in [2.05, 4.69) is 0 Å². The second-order valence-corrected chi connectivity index (χ2v) is 6.70. The van der Waals surface area contributed by atoms with Gasteiger partial charge in [0.25, 0.3) is 0 Å². The number of nitrogens with zero attached hydrogens (tertiary/aromatic N) is 1. The average Bonchev–Trinajstić information content (AvgIpc) is 2.40. The van der Waals surface area contributed by atoms with E-state index in [9.17, 15) is 4.79 Å². The van der Waals surface area contributed by atoms with Crippen molar-refractivity contribution in [3.05, 3.63) is 29.3 Å². The predicted molar refractivity (Wildman–Crippen MR) is 93.9 cm³/mol. The Balaban J connectivity index is 0.00000441. The molecule has 0 heterocycles. The Labute approximate surface area is 144 Å². The molecule has 0 unspecified atom stereocenters. The summed E-state index contributed by atoms with van der Waals surface area (Å²) < 4.78 is 5.59. The van der Waals surface area contributed by atoms with Crippen molar-refractivity contribution in [1.82, 2.24) is 4.90 Å². The van der Waals surface area contributed by atoms with Crippen molar-refractivity contribution >= 4 is 29.9 Å². The van der Waals surface area contributed by atoms with Crippen LogP contribution in [-0.4, -0.2) is 37.0 Å². The van der Waals surface area contributed by atoms with Crippen molar-refractivity contribution in [3.8, 4) is 5.75 Å². The van der Waals surface area contributed by atoms with E-state index in [1.54, 1.807) is 24.1 Å². The molecule has 1 aromatic carbocycles. The number of amides is 1. The molecule has 1 amide bonds. The first-order valence-electron chi connectivity index (χ1n) is 7.11. The number of hydrogen-bond donors (Lipinski definition) is 1. The molecule has 0 fully saturated rings. The molecule has 4 nitrogen and oxygen atoms in total. The lowest BCUT2D eigenvalue weighted by Gasteiger charge is -2.30. The third kappa shape index (κ3) is 6.86. The van der Waals surface area contributed by atoms with Crippen molar-refractivity contribution in [2.45, 2.75) is 33.2 Å². The molecule has 0 bridgehead atoms. The number of benzene rings is 1. The fourth-order valence-electron chi connectivity index (χ4n) is 1.77. The number of halogens is 2. The number of nitrogens with two attached hydrogens (primary N) is 1. The molecule has 6 heteroatoms.